The molecule has 3 rings (SSSR count). The van der Waals surface area contributed by atoms with Crippen LogP contribution in [0.4, 0.5) is 0 Å². The van der Waals surface area contributed by atoms with Crippen LogP contribution in [-0.2, 0) is 0 Å². The largest absolute Gasteiger partial charge is 0.304 e. The Bertz CT molecular complexity index is 405. The first-order valence-electron chi connectivity index (χ1n) is 5.97. The van der Waals surface area contributed by atoms with Gasteiger partial charge in [-0.1, -0.05) is 18.6 Å². The molecule has 0 saturated carbocycles. The lowest BCUT2D eigenvalue weighted by atomic mass is 10.1. The molecule has 0 bridgehead atoms. The van der Waals surface area contributed by atoms with Gasteiger partial charge in [0.1, 0.15) is 5.52 Å². The van der Waals surface area contributed by atoms with Crippen molar-refractivity contribution in [3.05, 3.63) is 6.20 Å². The molecule has 17 heavy (non-hydrogen) atoms. The molecular weight excluding hydrogens is 218 g/mol. The van der Waals surface area contributed by atoms with Gasteiger partial charge in [-0.3, -0.25) is 5.10 Å². The van der Waals surface area contributed by atoms with E-state index in [0.29, 0.717) is 11.2 Å². The Morgan fingerprint density at radius 3 is 2.71 bits per heavy atom. The number of hydrogen-bond acceptors (Lipinski definition) is 6. The SMILES string of the molecule is CCN1CCCCC1.c1nnnc2nn[nH]c12. The van der Waals surface area contributed by atoms with Gasteiger partial charge in [-0.15, -0.1) is 15.3 Å². The molecule has 0 amide bonds. The summed E-state index contributed by atoms with van der Waals surface area (Å²) in [6.45, 7) is 6.18. The summed E-state index contributed by atoms with van der Waals surface area (Å²) in [4.78, 5) is 2.52. The Morgan fingerprint density at radius 2 is 2.06 bits per heavy atom. The lowest BCUT2D eigenvalue weighted by Gasteiger charge is -2.24. The summed E-state index contributed by atoms with van der Waals surface area (Å²) in [7, 11) is 0. The first-order chi connectivity index (χ1) is 8.40. The third-order valence-electron chi connectivity index (χ3n) is 2.83. The van der Waals surface area contributed by atoms with Gasteiger partial charge in [0.15, 0.2) is 0 Å². The summed E-state index contributed by atoms with van der Waals surface area (Å²) < 4.78 is 0. The second-order valence-corrected chi connectivity index (χ2v) is 3.98. The van der Waals surface area contributed by atoms with Crippen molar-refractivity contribution in [3.8, 4) is 0 Å². The molecule has 1 N–H and O–H groups in total. The molecule has 0 atom stereocenters. The van der Waals surface area contributed by atoms with Crippen LogP contribution in [0.5, 0.6) is 0 Å². The lowest BCUT2D eigenvalue weighted by molar-refractivity contribution is 0.240. The molecular formula is C10H17N7. The van der Waals surface area contributed by atoms with Crippen LogP contribution in [0.15, 0.2) is 6.20 Å². The van der Waals surface area contributed by atoms with Gasteiger partial charge < -0.3 is 4.90 Å². The molecule has 0 unspecified atom stereocenters. The number of hydrogen-bond donors (Lipinski definition) is 1. The van der Waals surface area contributed by atoms with Gasteiger partial charge in [0, 0.05) is 0 Å². The van der Waals surface area contributed by atoms with Crippen LogP contribution >= 0.6 is 0 Å². The molecule has 92 valence electrons. The van der Waals surface area contributed by atoms with E-state index in [1.165, 1.54) is 45.1 Å². The van der Waals surface area contributed by atoms with Crippen molar-refractivity contribution < 1.29 is 0 Å². The van der Waals surface area contributed by atoms with Gasteiger partial charge in [-0.05, 0) is 37.7 Å². The second kappa shape index (κ2) is 6.19. The zero-order chi connectivity index (χ0) is 11.9. The number of rotatable bonds is 1. The Labute approximate surface area is 99.6 Å². The standard InChI is InChI=1S/C7H15N.C3H2N6/c1-2-8-6-4-3-5-7-8;1-2-3(6-8-4-1)7-9-5-2/h2-7H2,1H3;1H,(H,4,5,6,7,9). The molecule has 1 fully saturated rings. The predicted molar refractivity (Wildman–Crippen MR) is 63.2 cm³/mol. The zero-order valence-corrected chi connectivity index (χ0v) is 10.0. The van der Waals surface area contributed by atoms with Crippen molar-refractivity contribution in [1.29, 1.82) is 0 Å². The number of nitrogens with zero attached hydrogens (tertiary/aromatic N) is 6. The van der Waals surface area contributed by atoms with Gasteiger partial charge in [-0.2, -0.15) is 0 Å². The minimum Gasteiger partial charge on any atom is -0.304 e. The Kier molecular flexibility index (Phi) is 4.31. The molecule has 0 aromatic carbocycles. The number of H-pyrrole nitrogens is 1. The van der Waals surface area contributed by atoms with Gasteiger partial charge in [0.05, 0.1) is 6.20 Å². The molecule has 2 aromatic heterocycles. The number of fused-ring (bicyclic) bond motifs is 1. The summed E-state index contributed by atoms with van der Waals surface area (Å²) >= 11 is 0. The minimum atomic E-state index is 0.491. The van der Waals surface area contributed by atoms with Gasteiger partial charge in [0.25, 0.3) is 0 Å². The Balaban J connectivity index is 0.000000128. The highest BCUT2D eigenvalue weighted by atomic mass is 15.4. The van der Waals surface area contributed by atoms with Crippen LogP contribution in [0.2, 0.25) is 0 Å². The first kappa shape index (κ1) is 11.8. The van der Waals surface area contributed by atoms with Crippen molar-refractivity contribution in [1.82, 2.24) is 35.7 Å². The summed E-state index contributed by atoms with van der Waals surface area (Å²) in [6.07, 6.45) is 5.82. The highest BCUT2D eigenvalue weighted by Gasteiger charge is 2.05. The second-order valence-electron chi connectivity index (χ2n) is 3.98. The highest BCUT2D eigenvalue weighted by Crippen LogP contribution is 2.06. The van der Waals surface area contributed by atoms with Crippen LogP contribution in [0.25, 0.3) is 11.2 Å². The average molecular weight is 235 g/mol. The number of piperidine rings is 1. The third-order valence-corrected chi connectivity index (χ3v) is 2.83. The number of aromatic nitrogens is 6. The van der Waals surface area contributed by atoms with Crippen molar-refractivity contribution in [2.75, 3.05) is 19.6 Å². The number of likely N-dealkylation sites (tertiary alicyclic amines) is 1. The van der Waals surface area contributed by atoms with E-state index in [-0.39, 0.29) is 0 Å². The van der Waals surface area contributed by atoms with E-state index >= 15 is 0 Å². The van der Waals surface area contributed by atoms with Crippen molar-refractivity contribution in [3.63, 3.8) is 0 Å². The fourth-order valence-electron chi connectivity index (χ4n) is 1.82. The predicted octanol–water partition coefficient (Wildman–Crippen LogP) is 0.635. The molecule has 0 radical (unpaired) electrons. The molecule has 1 aliphatic rings. The number of aromatic amines is 1. The van der Waals surface area contributed by atoms with E-state index < -0.39 is 0 Å². The topological polar surface area (TPSA) is 83.5 Å². The molecule has 1 aliphatic heterocycles. The minimum absolute atomic E-state index is 0.491. The third kappa shape index (κ3) is 3.42. The van der Waals surface area contributed by atoms with Crippen LogP contribution in [0.3, 0.4) is 0 Å². The quantitative estimate of drug-likeness (QED) is 0.780. The van der Waals surface area contributed by atoms with Crippen molar-refractivity contribution in [2.24, 2.45) is 0 Å². The lowest BCUT2D eigenvalue weighted by Crippen LogP contribution is -2.29. The van der Waals surface area contributed by atoms with Crippen molar-refractivity contribution >= 4 is 11.2 Å². The fourth-order valence-corrected chi connectivity index (χ4v) is 1.82. The van der Waals surface area contributed by atoms with E-state index in [9.17, 15) is 0 Å². The molecule has 1 saturated heterocycles. The van der Waals surface area contributed by atoms with Crippen LogP contribution in [0.1, 0.15) is 26.2 Å². The van der Waals surface area contributed by atoms with Crippen LogP contribution in [-0.4, -0.2) is 55.4 Å². The Hall–Kier alpha value is -1.63. The summed E-state index contributed by atoms with van der Waals surface area (Å²) in [6, 6.07) is 0. The molecule has 0 spiro atoms. The van der Waals surface area contributed by atoms with Crippen LogP contribution < -0.4 is 0 Å². The van der Waals surface area contributed by atoms with E-state index in [1.807, 2.05) is 0 Å². The van der Waals surface area contributed by atoms with Crippen LogP contribution in [0, 0.1) is 0 Å². The van der Waals surface area contributed by atoms with E-state index in [1.54, 1.807) is 0 Å². The first-order valence-corrected chi connectivity index (χ1v) is 5.97. The summed E-state index contributed by atoms with van der Waals surface area (Å²) in [5.74, 6) is 0. The molecule has 3 heterocycles. The van der Waals surface area contributed by atoms with E-state index in [0.717, 1.165) is 0 Å². The number of nitrogens with one attached hydrogen (secondary N) is 1. The normalized spacial score (nSPS) is 16.5. The van der Waals surface area contributed by atoms with E-state index in [2.05, 4.69) is 42.6 Å². The maximum Gasteiger partial charge on any atom is 0.226 e. The van der Waals surface area contributed by atoms with Gasteiger partial charge in [0.2, 0.25) is 5.65 Å². The maximum atomic E-state index is 3.60. The average Bonchev–Trinajstić information content (AvgIpc) is 2.89. The Morgan fingerprint density at radius 1 is 1.24 bits per heavy atom. The monoisotopic (exact) mass is 235 g/mol. The van der Waals surface area contributed by atoms with Gasteiger partial charge in [-0.25, -0.2) is 0 Å². The molecule has 7 heteroatoms. The molecule has 2 aromatic rings. The smallest absolute Gasteiger partial charge is 0.226 e. The fraction of sp³-hybridized carbons (Fsp3) is 0.700. The van der Waals surface area contributed by atoms with Crippen molar-refractivity contribution in [2.45, 2.75) is 26.2 Å². The summed E-state index contributed by atoms with van der Waals surface area (Å²) in [5, 5.41) is 20.1. The maximum absolute atomic E-state index is 3.60. The highest BCUT2D eigenvalue weighted by molar-refractivity contribution is 5.65. The molecule has 7 nitrogen and oxygen atoms in total. The van der Waals surface area contributed by atoms with E-state index in [4.69, 9.17) is 0 Å². The van der Waals surface area contributed by atoms with Gasteiger partial charge >= 0.3 is 0 Å². The summed E-state index contributed by atoms with van der Waals surface area (Å²) in [5.41, 5.74) is 1.19. The molecule has 0 aliphatic carbocycles. The zero-order valence-electron chi connectivity index (χ0n) is 10.0.